The van der Waals surface area contributed by atoms with E-state index >= 15 is 0 Å². The molecule has 2 aliphatic heterocycles. The first-order valence-electron chi connectivity index (χ1n) is 8.05. The number of carbonyl (C=O) groups excluding carboxylic acids is 2. The Morgan fingerprint density at radius 1 is 1.10 bits per heavy atom. The van der Waals surface area contributed by atoms with Crippen molar-refractivity contribution < 1.29 is 9.59 Å². The topological polar surface area (TPSA) is 43.9 Å². The second-order valence-electron chi connectivity index (χ2n) is 7.58. The molecule has 0 bridgehead atoms. The molecular formula is C16H29N3O2. The lowest BCUT2D eigenvalue weighted by Gasteiger charge is -2.40. The third-order valence-electron chi connectivity index (χ3n) is 4.37. The number of rotatable bonds is 2. The summed E-state index contributed by atoms with van der Waals surface area (Å²) in [7, 11) is 1.85. The molecule has 2 rings (SSSR count). The number of likely N-dealkylation sites (N-methyl/N-ethyl adjacent to an activating group) is 1. The molecule has 0 aromatic heterocycles. The third kappa shape index (κ3) is 4.19. The Kier molecular flexibility index (Phi) is 4.91. The van der Waals surface area contributed by atoms with E-state index in [0.29, 0.717) is 13.0 Å². The fourth-order valence-electron chi connectivity index (χ4n) is 3.24. The molecule has 0 saturated carbocycles. The van der Waals surface area contributed by atoms with Crippen LogP contribution in [0, 0.1) is 5.41 Å². The lowest BCUT2D eigenvalue weighted by molar-refractivity contribution is -0.141. The fraction of sp³-hybridized carbons (Fsp3) is 0.875. The maximum Gasteiger partial charge on any atom is 0.239 e. The van der Waals surface area contributed by atoms with Crippen LogP contribution in [0.2, 0.25) is 0 Å². The van der Waals surface area contributed by atoms with Crippen LogP contribution in [0.15, 0.2) is 0 Å². The van der Waals surface area contributed by atoms with Gasteiger partial charge in [-0.05, 0) is 18.3 Å². The molecule has 1 unspecified atom stereocenters. The number of hydrogen-bond acceptors (Lipinski definition) is 3. The zero-order valence-electron chi connectivity index (χ0n) is 13.9. The summed E-state index contributed by atoms with van der Waals surface area (Å²) < 4.78 is 0. The molecule has 0 aliphatic carbocycles. The van der Waals surface area contributed by atoms with Crippen LogP contribution in [-0.2, 0) is 9.59 Å². The summed E-state index contributed by atoms with van der Waals surface area (Å²) in [4.78, 5) is 30.6. The van der Waals surface area contributed by atoms with Crippen molar-refractivity contribution in [3.05, 3.63) is 0 Å². The molecule has 0 spiro atoms. The van der Waals surface area contributed by atoms with Gasteiger partial charge in [-0.25, -0.2) is 0 Å². The summed E-state index contributed by atoms with van der Waals surface area (Å²) >= 11 is 0. The minimum Gasteiger partial charge on any atom is -0.344 e. The average Bonchev–Trinajstić information content (AvgIpc) is 2.54. The van der Waals surface area contributed by atoms with Gasteiger partial charge in [0.1, 0.15) is 0 Å². The summed E-state index contributed by atoms with van der Waals surface area (Å²) in [6, 6.07) is -0.0274. The summed E-state index contributed by atoms with van der Waals surface area (Å²) in [5.41, 5.74) is 0.131. The first-order valence-corrected chi connectivity index (χ1v) is 8.05. The molecule has 0 aromatic rings. The number of amides is 2. The van der Waals surface area contributed by atoms with Gasteiger partial charge in [0.05, 0.1) is 6.04 Å². The highest BCUT2D eigenvalue weighted by molar-refractivity contribution is 5.83. The molecule has 2 fully saturated rings. The molecular weight excluding hydrogens is 266 g/mol. The van der Waals surface area contributed by atoms with Crippen molar-refractivity contribution in [3.8, 4) is 0 Å². The minimum atomic E-state index is -0.0274. The van der Waals surface area contributed by atoms with Gasteiger partial charge in [-0.2, -0.15) is 0 Å². The van der Waals surface area contributed by atoms with Gasteiger partial charge in [0.25, 0.3) is 0 Å². The normalized spacial score (nSPS) is 26.2. The number of piperidine rings is 1. The van der Waals surface area contributed by atoms with Gasteiger partial charge in [0, 0.05) is 46.2 Å². The highest BCUT2D eigenvalue weighted by atomic mass is 16.2. The van der Waals surface area contributed by atoms with Gasteiger partial charge >= 0.3 is 0 Å². The number of likely N-dealkylation sites (tertiary alicyclic amines) is 1. The number of nitrogens with zero attached hydrogens (tertiary/aromatic N) is 3. The molecule has 2 saturated heterocycles. The van der Waals surface area contributed by atoms with Crippen molar-refractivity contribution in [2.75, 3.05) is 39.8 Å². The summed E-state index contributed by atoms with van der Waals surface area (Å²) in [5.74, 6) is 0.445. The Hall–Kier alpha value is -1.10. The van der Waals surface area contributed by atoms with Gasteiger partial charge in [-0.3, -0.25) is 14.5 Å². The van der Waals surface area contributed by atoms with Crippen molar-refractivity contribution >= 4 is 11.8 Å². The predicted octanol–water partition coefficient (Wildman–Crippen LogP) is 1.19. The summed E-state index contributed by atoms with van der Waals surface area (Å²) in [6.07, 6.45) is 2.52. The Morgan fingerprint density at radius 2 is 1.81 bits per heavy atom. The second-order valence-corrected chi connectivity index (χ2v) is 7.58. The summed E-state index contributed by atoms with van der Waals surface area (Å²) in [6.45, 7) is 10.4. The Morgan fingerprint density at radius 3 is 2.48 bits per heavy atom. The molecule has 120 valence electrons. The molecule has 2 heterocycles. The Labute approximate surface area is 128 Å². The van der Waals surface area contributed by atoms with E-state index in [4.69, 9.17) is 0 Å². The van der Waals surface area contributed by atoms with E-state index in [-0.39, 0.29) is 23.3 Å². The monoisotopic (exact) mass is 295 g/mol. The molecule has 21 heavy (non-hydrogen) atoms. The van der Waals surface area contributed by atoms with Crippen molar-refractivity contribution in [1.29, 1.82) is 0 Å². The van der Waals surface area contributed by atoms with Crippen molar-refractivity contribution in [3.63, 3.8) is 0 Å². The van der Waals surface area contributed by atoms with Crippen LogP contribution in [0.3, 0.4) is 0 Å². The quantitative estimate of drug-likeness (QED) is 0.768. The van der Waals surface area contributed by atoms with E-state index in [0.717, 1.165) is 39.0 Å². The SMILES string of the molecule is CN1CCN(C2CCCN(CC(C)(C)C)C2=O)CCC1=O. The smallest absolute Gasteiger partial charge is 0.239 e. The molecule has 1 atom stereocenters. The summed E-state index contributed by atoms with van der Waals surface area (Å²) in [5, 5.41) is 0. The fourth-order valence-corrected chi connectivity index (χ4v) is 3.24. The molecule has 5 nitrogen and oxygen atoms in total. The van der Waals surface area contributed by atoms with E-state index in [1.54, 1.807) is 4.90 Å². The molecule has 0 aromatic carbocycles. The maximum atomic E-state index is 12.8. The van der Waals surface area contributed by atoms with Crippen LogP contribution in [0.4, 0.5) is 0 Å². The number of carbonyl (C=O) groups is 2. The molecule has 0 radical (unpaired) electrons. The van der Waals surface area contributed by atoms with E-state index < -0.39 is 0 Å². The lowest BCUT2D eigenvalue weighted by atomic mass is 9.93. The zero-order chi connectivity index (χ0) is 15.6. The first-order chi connectivity index (χ1) is 9.78. The molecule has 2 aliphatic rings. The number of hydrogen-bond donors (Lipinski definition) is 0. The highest BCUT2D eigenvalue weighted by Crippen LogP contribution is 2.23. The third-order valence-corrected chi connectivity index (χ3v) is 4.37. The largest absolute Gasteiger partial charge is 0.344 e. The Balaban J connectivity index is 2.02. The lowest BCUT2D eigenvalue weighted by Crippen LogP contribution is -2.54. The van der Waals surface area contributed by atoms with Gasteiger partial charge in [-0.15, -0.1) is 0 Å². The Bertz CT molecular complexity index is 403. The minimum absolute atomic E-state index is 0.0274. The molecule has 0 N–H and O–H groups in total. The maximum absolute atomic E-state index is 12.8. The van der Waals surface area contributed by atoms with Gasteiger partial charge in [0.2, 0.25) is 11.8 Å². The predicted molar refractivity (Wildman–Crippen MR) is 82.9 cm³/mol. The zero-order valence-corrected chi connectivity index (χ0v) is 13.9. The van der Waals surface area contributed by atoms with Gasteiger partial charge in [-0.1, -0.05) is 20.8 Å². The van der Waals surface area contributed by atoms with Crippen LogP contribution in [0.1, 0.15) is 40.0 Å². The second kappa shape index (κ2) is 6.34. The van der Waals surface area contributed by atoms with Crippen molar-refractivity contribution in [2.24, 2.45) is 5.41 Å². The van der Waals surface area contributed by atoms with Crippen LogP contribution in [0.5, 0.6) is 0 Å². The highest BCUT2D eigenvalue weighted by Gasteiger charge is 2.35. The van der Waals surface area contributed by atoms with Crippen molar-refractivity contribution in [1.82, 2.24) is 14.7 Å². The van der Waals surface area contributed by atoms with Crippen LogP contribution < -0.4 is 0 Å². The van der Waals surface area contributed by atoms with Crippen LogP contribution >= 0.6 is 0 Å². The molecule has 2 amide bonds. The van der Waals surface area contributed by atoms with Crippen molar-refractivity contribution in [2.45, 2.75) is 46.1 Å². The van der Waals surface area contributed by atoms with Crippen LogP contribution in [0.25, 0.3) is 0 Å². The molecule has 5 heteroatoms. The first kappa shape index (κ1) is 16.3. The standard InChI is InChI=1S/C16H29N3O2/c1-16(2,3)12-19-8-5-6-13(15(19)21)18-9-7-14(20)17(4)10-11-18/h13H,5-12H2,1-4H3. The van der Waals surface area contributed by atoms with E-state index in [1.807, 2.05) is 11.9 Å². The van der Waals surface area contributed by atoms with E-state index in [2.05, 4.69) is 25.7 Å². The van der Waals surface area contributed by atoms with E-state index in [1.165, 1.54) is 0 Å². The van der Waals surface area contributed by atoms with Gasteiger partial charge < -0.3 is 9.80 Å². The van der Waals surface area contributed by atoms with Crippen LogP contribution in [-0.4, -0.2) is 72.3 Å². The van der Waals surface area contributed by atoms with Gasteiger partial charge in [0.15, 0.2) is 0 Å². The van der Waals surface area contributed by atoms with E-state index in [9.17, 15) is 9.59 Å². The average molecular weight is 295 g/mol.